The van der Waals surface area contributed by atoms with E-state index < -0.39 is 0 Å². The van der Waals surface area contributed by atoms with E-state index in [1.165, 1.54) is 0 Å². The van der Waals surface area contributed by atoms with Gasteiger partial charge in [0.25, 0.3) is 0 Å². The summed E-state index contributed by atoms with van der Waals surface area (Å²) in [6, 6.07) is 7.91. The van der Waals surface area contributed by atoms with Gasteiger partial charge in [0.2, 0.25) is 5.91 Å². The zero-order valence-corrected chi connectivity index (χ0v) is 10.9. The van der Waals surface area contributed by atoms with Gasteiger partial charge in [-0.3, -0.25) is 4.79 Å². The van der Waals surface area contributed by atoms with Gasteiger partial charge in [-0.25, -0.2) is 4.39 Å². The van der Waals surface area contributed by atoms with Gasteiger partial charge in [-0.2, -0.15) is 0 Å². The Balaban J connectivity index is 1.91. The lowest BCUT2D eigenvalue weighted by atomic mass is 9.84. The molecule has 0 fully saturated rings. The second-order valence-corrected chi connectivity index (χ2v) is 5.25. The van der Waals surface area contributed by atoms with E-state index in [-0.39, 0.29) is 17.7 Å². The van der Waals surface area contributed by atoms with E-state index in [9.17, 15) is 9.18 Å². The highest BCUT2D eigenvalue weighted by Crippen LogP contribution is 2.39. The maximum absolute atomic E-state index is 14.2. The van der Waals surface area contributed by atoms with Crippen LogP contribution in [0.4, 0.5) is 4.39 Å². The van der Waals surface area contributed by atoms with Crippen LogP contribution in [0.5, 0.6) is 0 Å². The van der Waals surface area contributed by atoms with Crippen LogP contribution >= 0.6 is 0 Å². The zero-order valence-electron chi connectivity index (χ0n) is 10.9. The molecule has 0 saturated carbocycles. The van der Waals surface area contributed by atoms with E-state index in [4.69, 9.17) is 0 Å². The number of hydrogen-bond donors (Lipinski definition) is 1. The third-order valence-corrected chi connectivity index (χ3v) is 3.83. The smallest absolute Gasteiger partial charge is 0.224 e. The Morgan fingerprint density at radius 2 is 1.95 bits per heavy atom. The Hall–Kier alpha value is -1.90. The fourth-order valence-electron chi connectivity index (χ4n) is 2.70. The van der Waals surface area contributed by atoms with Gasteiger partial charge in [-0.15, -0.1) is 0 Å². The molecular formula is C16H16FNO. The first-order valence-electron chi connectivity index (χ1n) is 6.59. The molecule has 1 N–H and O–H groups in total. The highest BCUT2D eigenvalue weighted by atomic mass is 19.1. The van der Waals surface area contributed by atoms with Crippen molar-refractivity contribution >= 4 is 5.91 Å². The molecule has 0 aromatic heterocycles. The number of carbonyl (C=O) groups excluding carboxylic acids is 1. The fraction of sp³-hybridized carbons (Fsp3) is 0.312. The van der Waals surface area contributed by atoms with Crippen LogP contribution in [0.25, 0.3) is 0 Å². The molecule has 3 heteroatoms. The van der Waals surface area contributed by atoms with Crippen LogP contribution in [-0.4, -0.2) is 5.91 Å². The molecule has 1 aromatic carbocycles. The van der Waals surface area contributed by atoms with Crippen molar-refractivity contribution in [1.29, 1.82) is 0 Å². The maximum atomic E-state index is 14.2. The molecule has 2 aliphatic rings. The van der Waals surface area contributed by atoms with Gasteiger partial charge in [0.1, 0.15) is 5.83 Å². The number of benzene rings is 1. The highest BCUT2D eigenvalue weighted by Gasteiger charge is 2.28. The van der Waals surface area contributed by atoms with Crippen LogP contribution in [0.2, 0.25) is 0 Å². The fourth-order valence-corrected chi connectivity index (χ4v) is 2.70. The molecule has 1 aromatic rings. The number of rotatable bonds is 1. The Kier molecular flexibility index (Phi) is 2.97. The molecule has 2 nitrogen and oxygen atoms in total. The summed E-state index contributed by atoms with van der Waals surface area (Å²) < 4.78 is 14.2. The first-order valence-corrected chi connectivity index (χ1v) is 6.59. The molecule has 0 bridgehead atoms. The normalized spacial score (nSPS) is 22.7. The number of carbonyl (C=O) groups is 1. The van der Waals surface area contributed by atoms with Gasteiger partial charge in [-0.05, 0) is 30.6 Å². The lowest BCUT2D eigenvalue weighted by Crippen LogP contribution is -2.30. The minimum atomic E-state index is -0.266. The third kappa shape index (κ3) is 2.33. The molecule has 1 atom stereocenters. The van der Waals surface area contributed by atoms with Gasteiger partial charge in [0.15, 0.2) is 0 Å². The van der Waals surface area contributed by atoms with Crippen LogP contribution in [0.3, 0.4) is 0 Å². The number of amides is 1. The van der Waals surface area contributed by atoms with Gasteiger partial charge in [-0.1, -0.05) is 29.8 Å². The van der Waals surface area contributed by atoms with Crippen LogP contribution in [0.1, 0.15) is 36.3 Å². The van der Waals surface area contributed by atoms with Crippen molar-refractivity contribution in [2.45, 2.75) is 32.1 Å². The van der Waals surface area contributed by atoms with Crippen molar-refractivity contribution < 1.29 is 9.18 Å². The summed E-state index contributed by atoms with van der Waals surface area (Å²) in [5.74, 6) is -0.325. The SMILES string of the molecule is Cc1ccc(C2CC3=C(C=C2F)CCC(=O)N3)cc1. The summed E-state index contributed by atoms with van der Waals surface area (Å²) in [6.45, 7) is 2.01. The van der Waals surface area contributed by atoms with E-state index in [2.05, 4.69) is 5.32 Å². The maximum Gasteiger partial charge on any atom is 0.224 e. The molecule has 0 saturated heterocycles. The second kappa shape index (κ2) is 4.65. The standard InChI is InChI=1S/C16H16FNO/c1-10-2-4-11(5-3-10)13-9-15-12(8-14(13)17)6-7-16(19)18-15/h2-5,8,13H,6-7,9H2,1H3,(H,18,19). The van der Waals surface area contributed by atoms with Gasteiger partial charge in [0, 0.05) is 24.5 Å². The summed E-state index contributed by atoms with van der Waals surface area (Å²) in [6.07, 6.45) is 3.25. The first kappa shape index (κ1) is 12.2. The van der Waals surface area contributed by atoms with E-state index in [1.54, 1.807) is 6.08 Å². The summed E-state index contributed by atoms with van der Waals surface area (Å²) in [5.41, 5.74) is 3.96. The van der Waals surface area contributed by atoms with Crippen LogP contribution in [0, 0.1) is 6.92 Å². The summed E-state index contributed by atoms with van der Waals surface area (Å²) >= 11 is 0. The molecule has 0 radical (unpaired) electrons. The zero-order chi connectivity index (χ0) is 13.4. The summed E-state index contributed by atoms with van der Waals surface area (Å²) in [7, 11) is 0. The number of aryl methyl sites for hydroxylation is 1. The highest BCUT2D eigenvalue weighted by molar-refractivity contribution is 5.80. The molecule has 1 amide bonds. The number of nitrogens with one attached hydrogen (secondary N) is 1. The number of allylic oxidation sites excluding steroid dienone is 4. The lowest BCUT2D eigenvalue weighted by Gasteiger charge is -2.28. The molecule has 1 aliphatic heterocycles. The molecule has 1 aliphatic carbocycles. The largest absolute Gasteiger partial charge is 0.329 e. The van der Waals surface area contributed by atoms with Crippen LogP contribution in [-0.2, 0) is 4.79 Å². The van der Waals surface area contributed by atoms with Crippen LogP contribution < -0.4 is 5.32 Å². The topological polar surface area (TPSA) is 29.1 Å². The second-order valence-electron chi connectivity index (χ2n) is 5.25. The molecule has 0 spiro atoms. The molecule has 3 rings (SSSR count). The lowest BCUT2D eigenvalue weighted by molar-refractivity contribution is -0.120. The van der Waals surface area contributed by atoms with E-state index in [0.29, 0.717) is 19.3 Å². The van der Waals surface area contributed by atoms with Crippen molar-refractivity contribution in [3.63, 3.8) is 0 Å². The average molecular weight is 257 g/mol. The molecule has 1 unspecified atom stereocenters. The first-order chi connectivity index (χ1) is 9.13. The Morgan fingerprint density at radius 1 is 1.21 bits per heavy atom. The molecule has 19 heavy (non-hydrogen) atoms. The molecule has 98 valence electrons. The van der Waals surface area contributed by atoms with E-state index in [1.807, 2.05) is 31.2 Å². The van der Waals surface area contributed by atoms with E-state index >= 15 is 0 Å². The molecular weight excluding hydrogens is 241 g/mol. The van der Waals surface area contributed by atoms with Crippen molar-refractivity contribution in [2.75, 3.05) is 0 Å². The Bertz CT molecular complexity index is 583. The van der Waals surface area contributed by atoms with Crippen molar-refractivity contribution in [3.05, 3.63) is 58.6 Å². The van der Waals surface area contributed by atoms with E-state index in [0.717, 1.165) is 22.4 Å². The van der Waals surface area contributed by atoms with Crippen LogP contribution in [0.15, 0.2) is 47.4 Å². The van der Waals surface area contributed by atoms with Crippen molar-refractivity contribution in [2.24, 2.45) is 0 Å². The van der Waals surface area contributed by atoms with Crippen molar-refractivity contribution in [3.8, 4) is 0 Å². The predicted molar refractivity (Wildman–Crippen MR) is 72.1 cm³/mol. The molecule has 1 heterocycles. The Labute approximate surface area is 112 Å². The summed E-state index contributed by atoms with van der Waals surface area (Å²) in [5, 5.41) is 2.88. The number of hydrogen-bond acceptors (Lipinski definition) is 1. The Morgan fingerprint density at radius 3 is 2.68 bits per heavy atom. The van der Waals surface area contributed by atoms with Gasteiger partial charge in [0.05, 0.1) is 0 Å². The quantitative estimate of drug-likeness (QED) is 0.819. The van der Waals surface area contributed by atoms with Gasteiger partial charge >= 0.3 is 0 Å². The van der Waals surface area contributed by atoms with Crippen molar-refractivity contribution in [1.82, 2.24) is 5.32 Å². The van der Waals surface area contributed by atoms with Gasteiger partial charge < -0.3 is 5.32 Å². The average Bonchev–Trinajstić information content (AvgIpc) is 2.40. The predicted octanol–water partition coefficient (Wildman–Crippen LogP) is 3.50. The minimum absolute atomic E-state index is 0.0390. The minimum Gasteiger partial charge on any atom is -0.329 e. The number of halogens is 1. The monoisotopic (exact) mass is 257 g/mol. The summed E-state index contributed by atoms with van der Waals surface area (Å²) in [4.78, 5) is 11.4. The third-order valence-electron chi connectivity index (χ3n) is 3.83.